The molecule has 0 N–H and O–H groups in total. The van der Waals surface area contributed by atoms with E-state index in [0.717, 1.165) is 6.54 Å². The average molecular weight is 189 g/mol. The zero-order chi connectivity index (χ0) is 10.1. The Kier molecular flexibility index (Phi) is 2.60. The van der Waals surface area contributed by atoms with E-state index < -0.39 is 0 Å². The van der Waals surface area contributed by atoms with Crippen LogP contribution in [0.5, 0.6) is 0 Å². The van der Waals surface area contributed by atoms with E-state index in [-0.39, 0.29) is 0 Å². The van der Waals surface area contributed by atoms with Crippen LogP contribution in [0.3, 0.4) is 0 Å². The van der Waals surface area contributed by atoms with Crippen molar-refractivity contribution in [3.63, 3.8) is 0 Å². The lowest BCUT2D eigenvalue weighted by molar-refractivity contribution is 0.141. The molecule has 2 rings (SSSR count). The van der Waals surface area contributed by atoms with Gasteiger partial charge in [-0.15, -0.1) is 0 Å². The largest absolute Gasteiger partial charge is 0.294 e. The zero-order valence-corrected chi connectivity index (χ0v) is 9.33. The number of rotatable bonds is 1. The summed E-state index contributed by atoms with van der Waals surface area (Å²) in [5.41, 5.74) is 3.05. The van der Waals surface area contributed by atoms with Crippen molar-refractivity contribution in [1.82, 2.24) is 4.90 Å². The van der Waals surface area contributed by atoms with Crippen LogP contribution in [0, 0.1) is 0 Å². The molecule has 1 aromatic rings. The predicted molar refractivity (Wildman–Crippen MR) is 60.3 cm³/mol. The predicted octanol–water partition coefficient (Wildman–Crippen LogP) is 2.84. The lowest BCUT2D eigenvalue weighted by Crippen LogP contribution is -2.42. The molecular formula is C13H19N. The molecule has 1 aliphatic rings. The molecular weight excluding hydrogens is 170 g/mol. The van der Waals surface area contributed by atoms with Crippen molar-refractivity contribution < 1.29 is 0 Å². The van der Waals surface area contributed by atoms with E-state index in [1.54, 1.807) is 0 Å². The number of benzene rings is 1. The molecule has 0 spiro atoms. The van der Waals surface area contributed by atoms with Crippen molar-refractivity contribution in [3.05, 3.63) is 35.4 Å². The van der Waals surface area contributed by atoms with Gasteiger partial charge in [-0.1, -0.05) is 24.3 Å². The normalized spacial score (nSPS) is 22.4. The first-order valence-corrected chi connectivity index (χ1v) is 5.51. The minimum Gasteiger partial charge on any atom is -0.294 e. The third-order valence-corrected chi connectivity index (χ3v) is 3.22. The Balaban J connectivity index is 2.27. The van der Waals surface area contributed by atoms with Crippen LogP contribution in [0.1, 0.15) is 31.9 Å². The molecule has 0 saturated heterocycles. The average Bonchev–Trinajstić information content (AvgIpc) is 2.16. The summed E-state index contributed by atoms with van der Waals surface area (Å²) >= 11 is 0. The molecule has 0 saturated carbocycles. The SMILES string of the molecule is CC(C)N1Cc2ccccc2CC1C. The summed E-state index contributed by atoms with van der Waals surface area (Å²) in [5, 5.41) is 0. The van der Waals surface area contributed by atoms with Crippen LogP contribution in [0.25, 0.3) is 0 Å². The number of fused-ring (bicyclic) bond motifs is 1. The van der Waals surface area contributed by atoms with E-state index in [1.807, 2.05) is 0 Å². The number of hydrogen-bond donors (Lipinski definition) is 0. The van der Waals surface area contributed by atoms with E-state index >= 15 is 0 Å². The fraction of sp³-hybridized carbons (Fsp3) is 0.538. The van der Waals surface area contributed by atoms with Crippen molar-refractivity contribution in [1.29, 1.82) is 0 Å². The van der Waals surface area contributed by atoms with Gasteiger partial charge >= 0.3 is 0 Å². The van der Waals surface area contributed by atoms with Gasteiger partial charge < -0.3 is 0 Å². The second-order valence-corrected chi connectivity index (χ2v) is 4.59. The monoisotopic (exact) mass is 189 g/mol. The van der Waals surface area contributed by atoms with Crippen LogP contribution in [-0.2, 0) is 13.0 Å². The molecule has 0 amide bonds. The maximum absolute atomic E-state index is 2.57. The highest BCUT2D eigenvalue weighted by molar-refractivity contribution is 5.30. The van der Waals surface area contributed by atoms with Gasteiger partial charge in [0.2, 0.25) is 0 Å². The summed E-state index contributed by atoms with van der Waals surface area (Å²) in [7, 11) is 0. The Morgan fingerprint density at radius 1 is 1.21 bits per heavy atom. The highest BCUT2D eigenvalue weighted by atomic mass is 15.2. The minimum absolute atomic E-state index is 0.651. The molecule has 76 valence electrons. The van der Waals surface area contributed by atoms with Crippen LogP contribution >= 0.6 is 0 Å². The van der Waals surface area contributed by atoms with Crippen LogP contribution in [0.2, 0.25) is 0 Å². The van der Waals surface area contributed by atoms with E-state index in [1.165, 1.54) is 17.5 Å². The van der Waals surface area contributed by atoms with Gasteiger partial charge in [-0.05, 0) is 38.3 Å². The molecule has 1 nitrogen and oxygen atoms in total. The molecule has 0 bridgehead atoms. The third kappa shape index (κ3) is 1.69. The van der Waals surface area contributed by atoms with Gasteiger partial charge in [-0.25, -0.2) is 0 Å². The van der Waals surface area contributed by atoms with E-state index in [0.29, 0.717) is 12.1 Å². The summed E-state index contributed by atoms with van der Waals surface area (Å²) in [6.45, 7) is 8.01. The summed E-state index contributed by atoms with van der Waals surface area (Å²) in [5.74, 6) is 0. The van der Waals surface area contributed by atoms with Gasteiger partial charge in [0.15, 0.2) is 0 Å². The topological polar surface area (TPSA) is 3.24 Å². The van der Waals surface area contributed by atoms with Crippen LogP contribution in [-0.4, -0.2) is 17.0 Å². The second-order valence-electron chi connectivity index (χ2n) is 4.59. The highest BCUT2D eigenvalue weighted by Gasteiger charge is 2.23. The first-order valence-electron chi connectivity index (χ1n) is 5.51. The first-order chi connectivity index (χ1) is 6.68. The van der Waals surface area contributed by atoms with E-state index in [4.69, 9.17) is 0 Å². The fourth-order valence-corrected chi connectivity index (χ4v) is 2.39. The van der Waals surface area contributed by atoms with Gasteiger partial charge in [-0.3, -0.25) is 4.90 Å². The molecule has 0 radical (unpaired) electrons. The van der Waals surface area contributed by atoms with Crippen LogP contribution < -0.4 is 0 Å². The Labute approximate surface area is 86.7 Å². The standard InChI is InChI=1S/C13H19N/c1-10(2)14-9-13-7-5-4-6-12(13)8-11(14)3/h4-7,10-11H,8-9H2,1-3H3. The highest BCUT2D eigenvalue weighted by Crippen LogP contribution is 2.24. The Morgan fingerprint density at radius 3 is 2.50 bits per heavy atom. The molecule has 1 aliphatic heterocycles. The van der Waals surface area contributed by atoms with Gasteiger partial charge in [0.25, 0.3) is 0 Å². The Hall–Kier alpha value is -0.820. The molecule has 1 atom stereocenters. The molecule has 14 heavy (non-hydrogen) atoms. The van der Waals surface area contributed by atoms with Crippen molar-refractivity contribution >= 4 is 0 Å². The smallest absolute Gasteiger partial charge is 0.0242 e. The molecule has 0 aliphatic carbocycles. The van der Waals surface area contributed by atoms with Crippen LogP contribution in [0.15, 0.2) is 24.3 Å². The molecule has 1 heteroatoms. The number of hydrogen-bond acceptors (Lipinski definition) is 1. The molecule has 1 aromatic carbocycles. The third-order valence-electron chi connectivity index (χ3n) is 3.22. The van der Waals surface area contributed by atoms with Crippen molar-refractivity contribution in [2.75, 3.05) is 0 Å². The van der Waals surface area contributed by atoms with Crippen molar-refractivity contribution in [2.24, 2.45) is 0 Å². The molecule has 1 heterocycles. The maximum Gasteiger partial charge on any atom is 0.0242 e. The van der Waals surface area contributed by atoms with E-state index in [9.17, 15) is 0 Å². The molecule has 0 fully saturated rings. The van der Waals surface area contributed by atoms with Gasteiger partial charge in [0.1, 0.15) is 0 Å². The zero-order valence-electron chi connectivity index (χ0n) is 9.33. The van der Waals surface area contributed by atoms with Crippen molar-refractivity contribution in [3.8, 4) is 0 Å². The van der Waals surface area contributed by atoms with Gasteiger partial charge in [-0.2, -0.15) is 0 Å². The maximum atomic E-state index is 2.57. The summed E-state index contributed by atoms with van der Waals surface area (Å²) in [6.07, 6.45) is 1.20. The summed E-state index contributed by atoms with van der Waals surface area (Å²) in [6, 6.07) is 10.2. The van der Waals surface area contributed by atoms with Gasteiger partial charge in [0.05, 0.1) is 0 Å². The summed E-state index contributed by atoms with van der Waals surface area (Å²) < 4.78 is 0. The van der Waals surface area contributed by atoms with Crippen molar-refractivity contribution in [2.45, 2.75) is 45.8 Å². The quantitative estimate of drug-likeness (QED) is 0.656. The molecule has 0 aromatic heterocycles. The summed E-state index contributed by atoms with van der Waals surface area (Å²) in [4.78, 5) is 2.57. The minimum atomic E-state index is 0.651. The first kappa shape index (κ1) is 9.72. The van der Waals surface area contributed by atoms with E-state index in [2.05, 4.69) is 49.9 Å². The fourth-order valence-electron chi connectivity index (χ4n) is 2.39. The Morgan fingerprint density at radius 2 is 1.86 bits per heavy atom. The van der Waals surface area contributed by atoms with Gasteiger partial charge in [0, 0.05) is 18.6 Å². The lowest BCUT2D eigenvalue weighted by atomic mass is 9.94. The Bertz CT molecular complexity index is 317. The lowest BCUT2D eigenvalue weighted by Gasteiger charge is -2.37. The second kappa shape index (κ2) is 3.74. The molecule has 1 unspecified atom stereocenters. The number of nitrogens with zero attached hydrogens (tertiary/aromatic N) is 1. The van der Waals surface area contributed by atoms with Crippen LogP contribution in [0.4, 0.5) is 0 Å².